The Bertz CT molecular complexity index is 745. The van der Waals surface area contributed by atoms with Crippen molar-refractivity contribution in [2.75, 3.05) is 45.4 Å². The molecule has 2 aromatic rings. The van der Waals surface area contributed by atoms with E-state index in [1.165, 1.54) is 0 Å². The standard InChI is InChI=1S/C17H23BrN4O2/c1-22-6-4-10(5-7-22)21-17-15-12(19)8-13(23-2)16(24-3)14(15)11(18)9-20-17/h8-10H,4-7,19H2,1-3H3,(H,20,21). The van der Waals surface area contributed by atoms with Crippen LogP contribution in [0.2, 0.25) is 0 Å². The second-order valence-electron chi connectivity index (χ2n) is 6.13. The number of ether oxygens (including phenoxy) is 2. The van der Waals surface area contributed by atoms with Gasteiger partial charge in [0.1, 0.15) is 5.82 Å². The van der Waals surface area contributed by atoms with Crippen molar-refractivity contribution in [3.63, 3.8) is 0 Å². The molecule has 130 valence electrons. The minimum absolute atomic E-state index is 0.394. The topological polar surface area (TPSA) is 72.6 Å². The number of hydrogen-bond acceptors (Lipinski definition) is 6. The molecule has 0 spiro atoms. The van der Waals surface area contributed by atoms with Crippen molar-refractivity contribution in [1.82, 2.24) is 9.88 Å². The number of pyridine rings is 1. The molecule has 3 N–H and O–H groups in total. The van der Waals surface area contributed by atoms with Gasteiger partial charge in [0.05, 0.1) is 19.6 Å². The first-order valence-corrected chi connectivity index (χ1v) is 8.78. The molecule has 1 aliphatic heterocycles. The van der Waals surface area contributed by atoms with Crippen LogP contribution >= 0.6 is 15.9 Å². The van der Waals surface area contributed by atoms with Crippen LogP contribution in [0, 0.1) is 0 Å². The Morgan fingerprint density at radius 3 is 2.58 bits per heavy atom. The first-order valence-electron chi connectivity index (χ1n) is 7.99. The maximum absolute atomic E-state index is 6.31. The van der Waals surface area contributed by atoms with E-state index in [-0.39, 0.29) is 0 Å². The maximum atomic E-state index is 6.31. The number of piperidine rings is 1. The number of hydrogen-bond donors (Lipinski definition) is 2. The van der Waals surface area contributed by atoms with Crippen LogP contribution in [0.5, 0.6) is 11.5 Å². The number of nitrogen functional groups attached to an aromatic ring is 1. The molecule has 1 saturated heterocycles. The number of nitrogens with one attached hydrogen (secondary N) is 1. The second-order valence-corrected chi connectivity index (χ2v) is 6.98. The molecule has 0 saturated carbocycles. The van der Waals surface area contributed by atoms with E-state index in [9.17, 15) is 0 Å². The predicted molar refractivity (Wildman–Crippen MR) is 101 cm³/mol. The van der Waals surface area contributed by atoms with Gasteiger partial charge in [0, 0.05) is 33.9 Å². The molecule has 7 heteroatoms. The van der Waals surface area contributed by atoms with Gasteiger partial charge in [-0.3, -0.25) is 0 Å². The molecule has 1 aliphatic rings. The zero-order valence-corrected chi connectivity index (χ0v) is 15.8. The summed E-state index contributed by atoms with van der Waals surface area (Å²) in [5.41, 5.74) is 6.93. The summed E-state index contributed by atoms with van der Waals surface area (Å²) >= 11 is 3.57. The third-order valence-corrected chi connectivity index (χ3v) is 5.14. The van der Waals surface area contributed by atoms with Crippen LogP contribution in [0.15, 0.2) is 16.7 Å². The molecule has 3 rings (SSSR count). The molecule has 6 nitrogen and oxygen atoms in total. The Balaban J connectivity index is 2.08. The minimum Gasteiger partial charge on any atom is -0.493 e. The molecule has 1 fully saturated rings. The van der Waals surface area contributed by atoms with Gasteiger partial charge in [-0.2, -0.15) is 0 Å². The maximum Gasteiger partial charge on any atom is 0.170 e. The van der Waals surface area contributed by atoms with Crippen LogP contribution in [-0.2, 0) is 0 Å². The van der Waals surface area contributed by atoms with Gasteiger partial charge in [-0.1, -0.05) is 0 Å². The zero-order chi connectivity index (χ0) is 17.3. The van der Waals surface area contributed by atoms with Gasteiger partial charge < -0.3 is 25.4 Å². The molecule has 2 heterocycles. The van der Waals surface area contributed by atoms with Gasteiger partial charge in [0.2, 0.25) is 0 Å². The lowest BCUT2D eigenvalue weighted by molar-refractivity contribution is 0.264. The van der Waals surface area contributed by atoms with E-state index in [0.717, 1.165) is 47.0 Å². The lowest BCUT2D eigenvalue weighted by Gasteiger charge is -2.30. The van der Waals surface area contributed by atoms with Crippen LogP contribution < -0.4 is 20.5 Å². The zero-order valence-electron chi connectivity index (χ0n) is 14.2. The largest absolute Gasteiger partial charge is 0.493 e. The average Bonchev–Trinajstić information content (AvgIpc) is 2.58. The fourth-order valence-corrected chi connectivity index (χ4v) is 3.68. The smallest absolute Gasteiger partial charge is 0.170 e. The molecular weight excluding hydrogens is 372 g/mol. The number of methoxy groups -OCH3 is 2. The van der Waals surface area contributed by atoms with Crippen LogP contribution in [0.1, 0.15) is 12.8 Å². The Labute approximate surface area is 150 Å². The van der Waals surface area contributed by atoms with E-state index in [1.807, 2.05) is 0 Å². The minimum atomic E-state index is 0.394. The number of nitrogens with zero attached hydrogens (tertiary/aromatic N) is 2. The summed E-state index contributed by atoms with van der Waals surface area (Å²) in [7, 11) is 5.39. The van der Waals surface area contributed by atoms with Crippen LogP contribution in [0.4, 0.5) is 11.5 Å². The van der Waals surface area contributed by atoms with Gasteiger partial charge in [0.25, 0.3) is 0 Å². The number of rotatable bonds is 4. The number of nitrogens with two attached hydrogens (primary N) is 1. The first kappa shape index (κ1) is 17.1. The van der Waals surface area contributed by atoms with Crippen LogP contribution in [0.25, 0.3) is 10.8 Å². The molecule has 1 aromatic carbocycles. The average molecular weight is 395 g/mol. The van der Waals surface area contributed by atoms with E-state index >= 15 is 0 Å². The summed E-state index contributed by atoms with van der Waals surface area (Å²) in [6.45, 7) is 2.16. The number of likely N-dealkylation sites (tertiary alicyclic amines) is 1. The Kier molecular flexibility index (Phi) is 5.01. The van der Waals surface area contributed by atoms with Gasteiger partial charge >= 0.3 is 0 Å². The van der Waals surface area contributed by atoms with Crippen molar-refractivity contribution >= 4 is 38.2 Å². The van der Waals surface area contributed by atoms with Crippen molar-refractivity contribution in [2.24, 2.45) is 0 Å². The number of aromatic nitrogens is 1. The van der Waals surface area contributed by atoms with Crippen molar-refractivity contribution < 1.29 is 9.47 Å². The number of anilines is 2. The highest BCUT2D eigenvalue weighted by molar-refractivity contribution is 9.10. The van der Waals surface area contributed by atoms with E-state index in [1.54, 1.807) is 26.5 Å². The monoisotopic (exact) mass is 394 g/mol. The molecule has 0 unspecified atom stereocenters. The normalized spacial score (nSPS) is 16.3. The Hall–Kier alpha value is -1.73. The lowest BCUT2D eigenvalue weighted by atomic mass is 10.0. The number of halogens is 1. The molecule has 0 atom stereocenters. The lowest BCUT2D eigenvalue weighted by Crippen LogP contribution is -2.36. The summed E-state index contributed by atoms with van der Waals surface area (Å²) in [5, 5.41) is 5.30. The first-order chi connectivity index (χ1) is 11.5. The molecule has 0 amide bonds. The van der Waals surface area contributed by atoms with Crippen molar-refractivity contribution in [3.8, 4) is 11.5 Å². The van der Waals surface area contributed by atoms with Crippen molar-refractivity contribution in [3.05, 3.63) is 16.7 Å². The number of fused-ring (bicyclic) bond motifs is 1. The van der Waals surface area contributed by atoms with E-state index in [0.29, 0.717) is 23.2 Å². The highest BCUT2D eigenvalue weighted by Crippen LogP contribution is 2.44. The summed E-state index contributed by atoms with van der Waals surface area (Å²) in [5.74, 6) is 2.06. The summed E-state index contributed by atoms with van der Waals surface area (Å²) in [6, 6.07) is 2.18. The SMILES string of the molecule is COc1cc(N)c2c(NC3CCN(C)CC3)ncc(Br)c2c1OC. The fraction of sp³-hybridized carbons (Fsp3) is 0.471. The fourth-order valence-electron chi connectivity index (χ4n) is 3.20. The Morgan fingerprint density at radius 2 is 1.96 bits per heavy atom. The second kappa shape index (κ2) is 7.03. The van der Waals surface area contributed by atoms with E-state index in [2.05, 4.69) is 38.2 Å². The Morgan fingerprint density at radius 1 is 1.25 bits per heavy atom. The van der Waals surface area contributed by atoms with Crippen molar-refractivity contribution in [2.45, 2.75) is 18.9 Å². The van der Waals surface area contributed by atoms with Crippen LogP contribution in [0.3, 0.4) is 0 Å². The molecule has 0 bridgehead atoms. The van der Waals surface area contributed by atoms with Crippen LogP contribution in [-0.4, -0.2) is 50.3 Å². The van der Waals surface area contributed by atoms with E-state index < -0.39 is 0 Å². The highest BCUT2D eigenvalue weighted by Gasteiger charge is 2.22. The third-order valence-electron chi connectivity index (χ3n) is 4.54. The molecular formula is C17H23BrN4O2. The van der Waals surface area contributed by atoms with Gasteiger partial charge in [0.15, 0.2) is 11.5 Å². The quantitative estimate of drug-likeness (QED) is 0.776. The molecule has 1 aromatic heterocycles. The van der Waals surface area contributed by atoms with Crippen molar-refractivity contribution in [1.29, 1.82) is 0 Å². The third kappa shape index (κ3) is 3.10. The van der Waals surface area contributed by atoms with E-state index in [4.69, 9.17) is 15.2 Å². The molecule has 0 radical (unpaired) electrons. The van der Waals surface area contributed by atoms with Gasteiger partial charge in [-0.15, -0.1) is 0 Å². The molecule has 24 heavy (non-hydrogen) atoms. The summed E-state index contributed by atoms with van der Waals surface area (Å²) < 4.78 is 11.8. The summed E-state index contributed by atoms with van der Waals surface area (Å²) in [6.07, 6.45) is 3.95. The van der Waals surface area contributed by atoms with Gasteiger partial charge in [-0.05, 0) is 48.9 Å². The predicted octanol–water partition coefficient (Wildman–Crippen LogP) is 3.10. The van der Waals surface area contributed by atoms with Gasteiger partial charge in [-0.25, -0.2) is 4.98 Å². The number of benzene rings is 1. The highest BCUT2D eigenvalue weighted by atomic mass is 79.9. The molecule has 0 aliphatic carbocycles. The summed E-state index contributed by atoms with van der Waals surface area (Å²) in [4.78, 5) is 6.90.